The van der Waals surface area contributed by atoms with Crippen molar-refractivity contribution in [1.82, 2.24) is 0 Å². The monoisotopic (exact) mass is 1070 g/mol. The average molecular weight is 1070 g/mol. The second kappa shape index (κ2) is 22.8. The third-order valence-corrected chi connectivity index (χ3v) is 13.3. The van der Waals surface area contributed by atoms with Crippen LogP contribution in [-0.2, 0) is 30.4 Å². The summed E-state index contributed by atoms with van der Waals surface area (Å²) in [4.78, 5) is -2.34. The molecule has 0 aliphatic rings. The molecule has 7 rings (SSSR count). The van der Waals surface area contributed by atoms with Gasteiger partial charge in [-0.3, -0.25) is 13.7 Å². The highest BCUT2D eigenvalue weighted by molar-refractivity contribution is 7.87. The van der Waals surface area contributed by atoms with Crippen molar-refractivity contribution in [3.63, 3.8) is 0 Å². The van der Waals surface area contributed by atoms with E-state index in [1.54, 1.807) is 86.8 Å². The van der Waals surface area contributed by atoms with E-state index in [-0.39, 0.29) is 34.9 Å². The quantitative estimate of drug-likeness (QED) is 0.0179. The zero-order valence-electron chi connectivity index (χ0n) is 38.6. The lowest BCUT2D eigenvalue weighted by Gasteiger charge is -2.12. The van der Waals surface area contributed by atoms with Crippen LogP contribution < -0.4 is 19.5 Å². The maximum absolute atomic E-state index is 12.6. The van der Waals surface area contributed by atoms with Crippen molar-refractivity contribution in [2.45, 2.75) is 34.5 Å². The summed E-state index contributed by atoms with van der Waals surface area (Å²) in [5.41, 5.74) is 3.00. The Morgan fingerprint density at radius 2 is 1.10 bits per heavy atom. The number of aromatic hydroxyl groups is 1. The lowest BCUT2D eigenvalue weighted by atomic mass is 10.1. The number of hydrogen-bond donors (Lipinski definition) is 6. The highest BCUT2D eigenvalue weighted by Gasteiger charge is 2.24. The summed E-state index contributed by atoms with van der Waals surface area (Å²) in [5.74, 6) is 1.14. The number of anilines is 2. The Morgan fingerprint density at radius 3 is 1.71 bits per heavy atom. The van der Waals surface area contributed by atoms with Crippen molar-refractivity contribution in [3.8, 4) is 23.0 Å². The van der Waals surface area contributed by atoms with Gasteiger partial charge >= 0.3 is 0 Å². The zero-order valence-corrected chi connectivity index (χ0v) is 41.9. The highest BCUT2D eigenvalue weighted by Crippen LogP contribution is 2.44. The molecule has 0 saturated heterocycles. The van der Waals surface area contributed by atoms with Crippen LogP contribution in [0.25, 0.3) is 10.8 Å². The third-order valence-electron chi connectivity index (χ3n) is 10.4. The normalized spacial score (nSPS) is 12.4. The van der Waals surface area contributed by atoms with Gasteiger partial charge in [-0.15, -0.1) is 20.5 Å². The summed E-state index contributed by atoms with van der Waals surface area (Å²) in [7, 11) is -11.8. The molecule has 378 valence electrons. The van der Waals surface area contributed by atoms with Crippen LogP contribution in [0.3, 0.4) is 0 Å². The van der Waals surface area contributed by atoms with Crippen molar-refractivity contribution >= 4 is 111 Å². The third kappa shape index (κ3) is 13.6. The number of fused-ring (bicyclic) bond motifs is 1. The number of rotatable bonds is 20. The molecule has 73 heavy (non-hydrogen) atoms. The molecule has 0 aromatic heterocycles. The van der Waals surface area contributed by atoms with Crippen LogP contribution in [0.4, 0.5) is 56.9 Å². The first kappa shape index (κ1) is 53.1. The smallest absolute Gasteiger partial charge is 0.296 e. The summed E-state index contributed by atoms with van der Waals surface area (Å²) in [6, 6.07) is 29.8. The molecule has 0 aliphatic carbocycles. The van der Waals surface area contributed by atoms with Crippen LogP contribution in [0.5, 0.6) is 23.0 Å². The van der Waals surface area contributed by atoms with Crippen LogP contribution in [0, 0.1) is 6.92 Å². The molecular formula is C47H43N9O13S4. The molecule has 0 fully saturated rings. The SMILES string of the molecule is COc1ccc(Nc2ccc3c(O)c(N=Nc4ccc(N=Nc5ccc(N=Nc6ccc(N=Nc7ccc(S(=O)(=O)O)cc7S(=O)(=O)O)c(OCCCCS)c6)c(C)c5)cc4OC)c(S(=O)(=O)O)cc3c2)cc1. The number of benzene rings is 7. The second-order valence-corrected chi connectivity index (χ2v) is 20.1. The Balaban J connectivity index is 1.07. The van der Waals surface area contributed by atoms with E-state index in [4.69, 9.17) is 14.2 Å². The van der Waals surface area contributed by atoms with E-state index in [0.717, 1.165) is 24.2 Å². The number of phenolic OH excluding ortho intramolecular Hbond substituents is 1. The van der Waals surface area contributed by atoms with Gasteiger partial charge in [0.2, 0.25) is 0 Å². The van der Waals surface area contributed by atoms with Crippen molar-refractivity contribution in [2.75, 3.05) is 31.9 Å². The van der Waals surface area contributed by atoms with Crippen molar-refractivity contribution in [2.24, 2.45) is 40.9 Å². The molecule has 0 heterocycles. The molecule has 22 nitrogen and oxygen atoms in total. The molecule has 0 unspecified atom stereocenters. The van der Waals surface area contributed by atoms with Gasteiger partial charge in [0.15, 0.2) is 5.75 Å². The van der Waals surface area contributed by atoms with Gasteiger partial charge in [-0.25, -0.2) is 0 Å². The summed E-state index contributed by atoms with van der Waals surface area (Å²) in [6.45, 7) is 2.05. The number of nitrogens with zero attached hydrogens (tertiary/aromatic N) is 8. The van der Waals surface area contributed by atoms with Gasteiger partial charge in [0, 0.05) is 28.9 Å². The van der Waals surface area contributed by atoms with Crippen LogP contribution in [0.15, 0.2) is 177 Å². The molecule has 0 saturated carbocycles. The fraction of sp³-hybridized carbons (Fsp3) is 0.149. The van der Waals surface area contributed by atoms with Gasteiger partial charge < -0.3 is 24.6 Å². The largest absolute Gasteiger partial charge is 0.505 e. The summed E-state index contributed by atoms with van der Waals surface area (Å²) >= 11 is 4.22. The number of methoxy groups -OCH3 is 2. The van der Waals surface area contributed by atoms with E-state index in [2.05, 4.69) is 58.9 Å². The highest BCUT2D eigenvalue weighted by atomic mass is 32.2. The molecule has 0 atom stereocenters. The van der Waals surface area contributed by atoms with Crippen LogP contribution in [0.1, 0.15) is 18.4 Å². The minimum atomic E-state index is -4.99. The lowest BCUT2D eigenvalue weighted by Crippen LogP contribution is -2.03. The minimum absolute atomic E-state index is 0.137. The summed E-state index contributed by atoms with van der Waals surface area (Å²) in [6.07, 6.45) is 1.39. The Bertz CT molecular complexity index is 3690. The number of aryl methyl sites for hydroxylation is 1. The minimum Gasteiger partial charge on any atom is -0.505 e. The number of nitrogens with one attached hydrogen (secondary N) is 1. The number of azo groups is 4. The Morgan fingerprint density at radius 1 is 0.534 bits per heavy atom. The van der Waals surface area contributed by atoms with E-state index in [0.29, 0.717) is 63.4 Å². The predicted octanol–water partition coefficient (Wildman–Crippen LogP) is 13.1. The molecule has 5 N–H and O–H groups in total. The Kier molecular flexibility index (Phi) is 16.6. The van der Waals surface area contributed by atoms with E-state index in [1.807, 2.05) is 0 Å². The molecule has 7 aromatic carbocycles. The second-order valence-electron chi connectivity index (χ2n) is 15.5. The van der Waals surface area contributed by atoms with Crippen LogP contribution >= 0.6 is 12.6 Å². The topological polar surface area (TPSA) is 322 Å². The first-order chi connectivity index (χ1) is 34.7. The van der Waals surface area contributed by atoms with E-state index < -0.39 is 62.2 Å². The van der Waals surface area contributed by atoms with Crippen LogP contribution in [-0.4, -0.2) is 70.6 Å². The molecule has 7 aromatic rings. The van der Waals surface area contributed by atoms with Crippen molar-refractivity contribution in [3.05, 3.63) is 127 Å². The Labute approximate surface area is 423 Å². The maximum Gasteiger partial charge on any atom is 0.296 e. The van der Waals surface area contributed by atoms with Gasteiger partial charge in [0.1, 0.15) is 49.8 Å². The Hall–Kier alpha value is -7.72. The molecule has 26 heteroatoms. The summed E-state index contributed by atoms with van der Waals surface area (Å²) < 4.78 is 118. The maximum atomic E-state index is 12.6. The van der Waals surface area contributed by atoms with Crippen LogP contribution in [0.2, 0.25) is 0 Å². The van der Waals surface area contributed by atoms with Gasteiger partial charge in [0.25, 0.3) is 30.4 Å². The number of ether oxygens (including phenoxy) is 3. The molecule has 0 amide bonds. The standard InChI is InChI=1S/C47H43N9O13S4/c1-28-22-32(9-16-38(28)52-51-34-11-18-40(43(26-34)69-20-4-5-21-70)53-55-41-19-14-36(71(58,59)60)27-44(41)72(61,62)63)49-50-33-10-17-39(42(25-33)68-3)54-56-46-45(73(64,65)66)24-29-23-31(8-15-37(29)47(46)57)48-30-6-12-35(67-2)13-7-30/h6-19,22-27,48,57,70H,4-5,20-21H2,1-3H3,(H,58,59,60)(H,61,62,63)(H,64,65,66). The molecule has 0 bridgehead atoms. The van der Waals surface area contributed by atoms with Gasteiger partial charge in [-0.2, -0.15) is 58.3 Å². The number of hydrogen-bond acceptors (Lipinski definition) is 20. The lowest BCUT2D eigenvalue weighted by molar-refractivity contribution is 0.311. The number of thiol groups is 1. The van der Waals surface area contributed by atoms with Crippen molar-refractivity contribution in [1.29, 1.82) is 0 Å². The van der Waals surface area contributed by atoms with Gasteiger partial charge in [-0.1, -0.05) is 0 Å². The van der Waals surface area contributed by atoms with E-state index in [1.165, 1.54) is 37.4 Å². The summed E-state index contributed by atoms with van der Waals surface area (Å²) in [5, 5.41) is 48.5. The fourth-order valence-corrected chi connectivity index (χ4v) is 8.84. The van der Waals surface area contributed by atoms with E-state index in [9.17, 15) is 44.0 Å². The van der Waals surface area contributed by atoms with Gasteiger partial charge in [0.05, 0.1) is 48.5 Å². The van der Waals surface area contributed by atoms with Gasteiger partial charge in [-0.05, 0) is 146 Å². The zero-order chi connectivity index (χ0) is 52.5. The average Bonchev–Trinajstić information content (AvgIpc) is 3.35. The first-order valence-corrected chi connectivity index (χ1v) is 26.3. The predicted molar refractivity (Wildman–Crippen MR) is 274 cm³/mol. The molecule has 0 spiro atoms. The molecule has 0 radical (unpaired) electrons. The van der Waals surface area contributed by atoms with Crippen molar-refractivity contribution < 1.29 is 58.2 Å². The fourth-order valence-electron chi connectivity index (χ4n) is 6.73. The number of phenols is 1. The first-order valence-electron chi connectivity index (χ1n) is 21.3. The number of unbranched alkanes of at least 4 members (excludes halogenated alkanes) is 1. The van der Waals surface area contributed by atoms with E-state index >= 15 is 0 Å². The molecular weight excluding hydrogens is 1030 g/mol. The molecule has 0 aliphatic heterocycles.